The molecule has 0 radical (unpaired) electrons. The Labute approximate surface area is 246 Å². The van der Waals surface area contributed by atoms with Gasteiger partial charge in [-0.2, -0.15) is 0 Å². The van der Waals surface area contributed by atoms with E-state index in [9.17, 15) is 19.8 Å². The van der Waals surface area contributed by atoms with Gasteiger partial charge in [0.25, 0.3) is 0 Å². The minimum atomic E-state index is -0.872. The average Bonchev–Trinajstić information content (AvgIpc) is 3.62. The zero-order chi connectivity index (χ0) is 29.5. The van der Waals surface area contributed by atoms with E-state index in [1.54, 1.807) is 17.3 Å². The number of rotatable bonds is 13. The Morgan fingerprint density at radius 1 is 1.05 bits per heavy atom. The highest BCUT2D eigenvalue weighted by atomic mass is 16.7. The number of carbonyl (C=O) groups excluding carboxylic acids is 1. The van der Waals surface area contributed by atoms with Crippen molar-refractivity contribution in [1.82, 2.24) is 9.88 Å². The van der Waals surface area contributed by atoms with Crippen LogP contribution in [-0.4, -0.2) is 64.4 Å². The molecule has 9 heteroatoms. The molecule has 0 spiro atoms. The number of carbonyl (C=O) groups is 2. The standard InChI is InChI=1S/C33H39N3O6/c1-2-3-16-36(26-11-7-15-34-18-26)31(38)20-35-19-27(24-13-14-29-30(17-24)42-22-41-29)32(33(39)40)28(35)12-6-10-23-8-4-5-9-25(23)21-37/h4-5,7-9,11,13-15,17-18,27-28,32,37H,2-3,6,10,12,16,19-22H2,1H3,(H,39,40)/t27-,28+,32-/m1/s1. The van der Waals surface area contributed by atoms with Crippen molar-refractivity contribution in [2.75, 3.05) is 31.3 Å². The second-order valence-electron chi connectivity index (χ2n) is 11.0. The molecule has 1 amide bonds. The summed E-state index contributed by atoms with van der Waals surface area (Å²) >= 11 is 0. The molecule has 1 fully saturated rings. The molecule has 0 bridgehead atoms. The molecule has 3 aromatic rings. The first-order valence-electron chi connectivity index (χ1n) is 14.7. The number of aliphatic hydroxyl groups excluding tert-OH is 1. The number of aliphatic carboxylic acids is 1. The number of amides is 1. The smallest absolute Gasteiger partial charge is 0.308 e. The Morgan fingerprint density at radius 2 is 1.86 bits per heavy atom. The van der Waals surface area contributed by atoms with Crippen LogP contribution in [0.25, 0.3) is 0 Å². The van der Waals surface area contributed by atoms with Gasteiger partial charge in [-0.1, -0.05) is 43.7 Å². The minimum absolute atomic E-state index is 0.0356. The van der Waals surface area contributed by atoms with E-state index in [0.717, 1.165) is 41.6 Å². The van der Waals surface area contributed by atoms with Crippen LogP contribution in [0.4, 0.5) is 5.69 Å². The summed E-state index contributed by atoms with van der Waals surface area (Å²) in [4.78, 5) is 34.8. The molecule has 2 N–H and O–H groups in total. The van der Waals surface area contributed by atoms with Gasteiger partial charge in [0, 0.05) is 31.2 Å². The quantitative estimate of drug-likeness (QED) is 0.305. The summed E-state index contributed by atoms with van der Waals surface area (Å²) in [6.07, 6.45) is 7.23. The number of aryl methyl sites for hydroxylation is 1. The van der Waals surface area contributed by atoms with E-state index in [0.29, 0.717) is 37.4 Å². The lowest BCUT2D eigenvalue weighted by atomic mass is 9.83. The van der Waals surface area contributed by atoms with Crippen LogP contribution in [0.15, 0.2) is 67.0 Å². The predicted octanol–water partition coefficient (Wildman–Crippen LogP) is 4.63. The number of aliphatic hydroxyl groups is 1. The van der Waals surface area contributed by atoms with E-state index >= 15 is 0 Å². The van der Waals surface area contributed by atoms with Crippen LogP contribution in [-0.2, 0) is 22.6 Å². The number of benzene rings is 2. The summed E-state index contributed by atoms with van der Waals surface area (Å²) in [6.45, 7) is 3.32. The van der Waals surface area contributed by atoms with Gasteiger partial charge >= 0.3 is 5.97 Å². The Bertz CT molecular complexity index is 1370. The second kappa shape index (κ2) is 13.8. The molecule has 2 aliphatic heterocycles. The number of ether oxygens (including phenoxy) is 2. The molecule has 9 nitrogen and oxygen atoms in total. The lowest BCUT2D eigenvalue weighted by Crippen LogP contribution is -2.44. The fourth-order valence-electron chi connectivity index (χ4n) is 6.28. The molecule has 5 rings (SSSR count). The third-order valence-electron chi connectivity index (χ3n) is 8.43. The van der Waals surface area contributed by atoms with Gasteiger partial charge in [0.1, 0.15) is 0 Å². The van der Waals surface area contributed by atoms with Crippen LogP contribution in [0.1, 0.15) is 55.2 Å². The first-order valence-corrected chi connectivity index (χ1v) is 14.7. The number of anilines is 1. The lowest BCUT2D eigenvalue weighted by molar-refractivity contribution is -0.143. The van der Waals surface area contributed by atoms with E-state index in [1.807, 2.05) is 54.6 Å². The van der Waals surface area contributed by atoms with E-state index in [-0.39, 0.29) is 37.8 Å². The van der Waals surface area contributed by atoms with Crippen molar-refractivity contribution in [3.8, 4) is 11.5 Å². The molecule has 42 heavy (non-hydrogen) atoms. The highest BCUT2D eigenvalue weighted by Crippen LogP contribution is 2.43. The molecule has 222 valence electrons. The van der Waals surface area contributed by atoms with Crippen LogP contribution in [0.5, 0.6) is 11.5 Å². The second-order valence-corrected chi connectivity index (χ2v) is 11.0. The van der Waals surface area contributed by atoms with Gasteiger partial charge in [0.15, 0.2) is 11.5 Å². The van der Waals surface area contributed by atoms with Gasteiger partial charge in [-0.15, -0.1) is 0 Å². The third-order valence-corrected chi connectivity index (χ3v) is 8.43. The number of likely N-dealkylation sites (tertiary alicyclic amines) is 1. The molecular formula is C33H39N3O6. The van der Waals surface area contributed by atoms with Crippen molar-refractivity contribution in [1.29, 1.82) is 0 Å². The number of hydrogen-bond donors (Lipinski definition) is 2. The highest BCUT2D eigenvalue weighted by Gasteiger charge is 2.47. The van der Waals surface area contributed by atoms with Crippen LogP contribution in [0, 0.1) is 5.92 Å². The predicted molar refractivity (Wildman–Crippen MR) is 159 cm³/mol. The van der Waals surface area contributed by atoms with Crippen molar-refractivity contribution in [3.63, 3.8) is 0 Å². The topological polar surface area (TPSA) is 112 Å². The molecule has 3 heterocycles. The van der Waals surface area contributed by atoms with Gasteiger partial charge in [-0.25, -0.2) is 0 Å². The van der Waals surface area contributed by atoms with Crippen LogP contribution < -0.4 is 14.4 Å². The number of unbranched alkanes of at least 4 members (excludes halogenated alkanes) is 1. The van der Waals surface area contributed by atoms with Crippen molar-refractivity contribution in [2.45, 2.75) is 57.6 Å². The van der Waals surface area contributed by atoms with Crippen molar-refractivity contribution >= 4 is 17.6 Å². The van der Waals surface area contributed by atoms with Crippen LogP contribution in [0.3, 0.4) is 0 Å². The van der Waals surface area contributed by atoms with Gasteiger partial charge < -0.3 is 24.6 Å². The first kappa shape index (κ1) is 29.5. The molecule has 0 unspecified atom stereocenters. The van der Waals surface area contributed by atoms with Gasteiger partial charge in [-0.3, -0.25) is 19.5 Å². The van der Waals surface area contributed by atoms with E-state index < -0.39 is 11.9 Å². The summed E-state index contributed by atoms with van der Waals surface area (Å²) in [7, 11) is 0. The molecule has 2 aromatic carbocycles. The Kier molecular flexibility index (Phi) is 9.71. The molecule has 2 aliphatic rings. The normalized spacial score (nSPS) is 19.6. The Balaban J connectivity index is 1.41. The third kappa shape index (κ3) is 6.58. The molecule has 1 aromatic heterocycles. The fourth-order valence-corrected chi connectivity index (χ4v) is 6.28. The molecule has 3 atom stereocenters. The van der Waals surface area contributed by atoms with E-state index in [2.05, 4.69) is 16.8 Å². The number of aromatic nitrogens is 1. The Hall–Kier alpha value is -3.95. The van der Waals surface area contributed by atoms with Crippen LogP contribution in [0.2, 0.25) is 0 Å². The summed E-state index contributed by atoms with van der Waals surface area (Å²) in [5.74, 6) is -0.690. The largest absolute Gasteiger partial charge is 0.481 e. The number of carboxylic acid groups (broad SMARTS) is 1. The zero-order valence-corrected chi connectivity index (χ0v) is 24.0. The zero-order valence-electron chi connectivity index (χ0n) is 24.0. The first-order chi connectivity index (χ1) is 20.5. The summed E-state index contributed by atoms with van der Waals surface area (Å²) in [5, 5.41) is 20.3. The van der Waals surface area contributed by atoms with Crippen molar-refractivity contribution < 1.29 is 29.3 Å². The molecule has 1 saturated heterocycles. The van der Waals surface area contributed by atoms with E-state index in [4.69, 9.17) is 9.47 Å². The highest BCUT2D eigenvalue weighted by molar-refractivity contribution is 5.94. The lowest BCUT2D eigenvalue weighted by Gasteiger charge is -2.29. The molecule has 0 saturated carbocycles. The minimum Gasteiger partial charge on any atom is -0.481 e. The SMILES string of the molecule is CCCCN(C(=O)CN1C[C@H](c2ccc3c(c2)OCO3)[C@@H](C(=O)O)[C@@H]1CCCc1ccccc1CO)c1cccnc1. The number of pyridine rings is 1. The van der Waals surface area contributed by atoms with Gasteiger partial charge in [-0.05, 0) is 66.6 Å². The number of carboxylic acids is 1. The maximum Gasteiger partial charge on any atom is 0.308 e. The number of nitrogens with zero attached hydrogens (tertiary/aromatic N) is 3. The van der Waals surface area contributed by atoms with E-state index in [1.165, 1.54) is 0 Å². The summed E-state index contributed by atoms with van der Waals surface area (Å²) in [5.41, 5.74) is 3.55. The number of hydrogen-bond acceptors (Lipinski definition) is 7. The maximum absolute atomic E-state index is 13.8. The Morgan fingerprint density at radius 3 is 2.60 bits per heavy atom. The van der Waals surface area contributed by atoms with Crippen molar-refractivity contribution in [2.24, 2.45) is 5.92 Å². The van der Waals surface area contributed by atoms with Crippen molar-refractivity contribution in [3.05, 3.63) is 83.7 Å². The summed E-state index contributed by atoms with van der Waals surface area (Å²) < 4.78 is 11.1. The maximum atomic E-state index is 13.8. The molecular weight excluding hydrogens is 534 g/mol. The number of fused-ring (bicyclic) bond motifs is 1. The fraction of sp³-hybridized carbons (Fsp3) is 0.424. The molecule has 0 aliphatic carbocycles. The van der Waals surface area contributed by atoms with Gasteiger partial charge in [0.05, 0.1) is 31.0 Å². The average molecular weight is 574 g/mol. The summed E-state index contributed by atoms with van der Waals surface area (Å²) in [6, 6.07) is 16.8. The van der Waals surface area contributed by atoms with Crippen LogP contribution >= 0.6 is 0 Å². The monoisotopic (exact) mass is 573 g/mol. The van der Waals surface area contributed by atoms with Gasteiger partial charge in [0.2, 0.25) is 12.7 Å².